The van der Waals surface area contributed by atoms with E-state index >= 15 is 0 Å². The highest BCUT2D eigenvalue weighted by molar-refractivity contribution is 6.35. The normalized spacial score (nSPS) is 11.1. The monoisotopic (exact) mass is 443 g/mol. The predicted molar refractivity (Wildman–Crippen MR) is 119 cm³/mol. The molecule has 0 aliphatic rings. The minimum atomic E-state index is 0.268. The number of nitriles is 1. The molecule has 0 heterocycles. The Morgan fingerprint density at radius 3 is 2.45 bits per heavy atom. The third-order valence-corrected chi connectivity index (χ3v) is 5.10. The van der Waals surface area contributed by atoms with Crippen LogP contribution in [-0.2, 0) is 6.61 Å². The maximum absolute atomic E-state index is 9.55. The molecule has 0 unspecified atom stereocenters. The van der Waals surface area contributed by atoms with Gasteiger partial charge in [0.1, 0.15) is 6.61 Å². The van der Waals surface area contributed by atoms with Gasteiger partial charge in [-0.05, 0) is 42.0 Å². The number of benzene rings is 3. The van der Waals surface area contributed by atoms with Crippen molar-refractivity contribution in [3.05, 3.63) is 92.4 Å². The first-order valence-electron chi connectivity index (χ1n) is 8.63. The first kappa shape index (κ1) is 21.1. The molecule has 0 spiro atoms. The highest BCUT2D eigenvalue weighted by Gasteiger charge is 2.10. The molecule has 146 valence electrons. The number of nitrogens with zero attached hydrogens (tertiary/aromatic N) is 1. The molecule has 0 aliphatic carbocycles. The van der Waals surface area contributed by atoms with Gasteiger partial charge in [-0.2, -0.15) is 5.26 Å². The Kier molecular flexibility index (Phi) is 7.06. The van der Waals surface area contributed by atoms with Gasteiger partial charge in [0, 0.05) is 26.2 Å². The van der Waals surface area contributed by atoms with Crippen molar-refractivity contribution in [2.45, 2.75) is 6.61 Å². The fourth-order valence-corrected chi connectivity index (χ4v) is 3.40. The van der Waals surface area contributed by atoms with Crippen molar-refractivity contribution < 1.29 is 9.47 Å². The predicted octanol–water partition coefficient (Wildman–Crippen LogP) is 7.30. The molecular weight excluding hydrogens is 429 g/mol. The molecule has 3 rings (SSSR count). The molecule has 3 nitrogen and oxygen atoms in total. The van der Waals surface area contributed by atoms with E-state index in [2.05, 4.69) is 6.07 Å². The second kappa shape index (κ2) is 9.71. The van der Waals surface area contributed by atoms with Crippen LogP contribution in [0.4, 0.5) is 0 Å². The average molecular weight is 445 g/mol. The van der Waals surface area contributed by atoms with Crippen LogP contribution in [0.25, 0.3) is 11.6 Å². The van der Waals surface area contributed by atoms with E-state index in [1.165, 1.54) is 0 Å². The molecule has 0 amide bonds. The number of methoxy groups -OCH3 is 1. The second-order valence-electron chi connectivity index (χ2n) is 6.08. The van der Waals surface area contributed by atoms with Crippen molar-refractivity contribution >= 4 is 46.5 Å². The molecule has 0 fully saturated rings. The molecule has 6 heteroatoms. The van der Waals surface area contributed by atoms with Crippen molar-refractivity contribution in [2.75, 3.05) is 7.11 Å². The van der Waals surface area contributed by atoms with Crippen molar-refractivity contribution in [1.82, 2.24) is 0 Å². The number of halogens is 3. The summed E-state index contributed by atoms with van der Waals surface area (Å²) in [6.07, 6.45) is 1.75. The second-order valence-corrected chi connectivity index (χ2v) is 7.34. The summed E-state index contributed by atoms with van der Waals surface area (Å²) in [6, 6.07) is 20.1. The Bertz CT molecular complexity index is 1100. The fraction of sp³-hybridized carbons (Fsp3) is 0.0870. The zero-order chi connectivity index (χ0) is 20.8. The van der Waals surface area contributed by atoms with Gasteiger partial charge in [0.15, 0.2) is 11.5 Å². The van der Waals surface area contributed by atoms with Crippen LogP contribution >= 0.6 is 34.8 Å². The maximum Gasteiger partial charge on any atom is 0.161 e. The Labute approximate surface area is 184 Å². The largest absolute Gasteiger partial charge is 0.493 e. The van der Waals surface area contributed by atoms with Crippen molar-refractivity contribution in [2.24, 2.45) is 0 Å². The molecule has 0 saturated heterocycles. The Morgan fingerprint density at radius 2 is 1.76 bits per heavy atom. The summed E-state index contributed by atoms with van der Waals surface area (Å²) >= 11 is 18.3. The Morgan fingerprint density at radius 1 is 0.966 bits per heavy atom. The van der Waals surface area contributed by atoms with E-state index in [0.717, 1.165) is 11.1 Å². The highest BCUT2D eigenvalue weighted by atomic mass is 35.5. The Hall–Kier alpha value is -2.64. The van der Waals surface area contributed by atoms with Crippen molar-refractivity contribution in [1.29, 1.82) is 5.26 Å². The summed E-state index contributed by atoms with van der Waals surface area (Å²) in [5.74, 6) is 1.10. The SMILES string of the molecule is COc1cc(C=C(C#N)c2ccccc2Cl)ccc1OCc1ccc(Cl)cc1Cl. The lowest BCUT2D eigenvalue weighted by atomic mass is 10.0. The van der Waals surface area contributed by atoms with E-state index in [1.54, 1.807) is 43.5 Å². The van der Waals surface area contributed by atoms with Gasteiger partial charge in [-0.1, -0.05) is 65.1 Å². The quantitative estimate of drug-likeness (QED) is 0.296. The molecule has 0 bridgehead atoms. The summed E-state index contributed by atoms with van der Waals surface area (Å²) in [7, 11) is 1.56. The van der Waals surface area contributed by atoms with Crippen LogP contribution in [0.3, 0.4) is 0 Å². The molecule has 0 radical (unpaired) electrons. The molecule has 0 aromatic heterocycles. The van der Waals surface area contributed by atoms with E-state index in [0.29, 0.717) is 37.7 Å². The van der Waals surface area contributed by atoms with Crippen LogP contribution in [0, 0.1) is 11.3 Å². The van der Waals surface area contributed by atoms with Gasteiger partial charge in [0.25, 0.3) is 0 Å². The standard InChI is InChI=1S/C23H16Cl3NO2/c1-28-23-11-15(10-17(13-27)19-4-2-3-5-20(19)25)6-9-22(23)29-14-16-7-8-18(24)12-21(16)26/h2-12H,14H2,1H3. The molecule has 0 saturated carbocycles. The van der Waals surface area contributed by atoms with Crippen LogP contribution in [0.15, 0.2) is 60.7 Å². The van der Waals surface area contributed by atoms with Crippen LogP contribution in [0.1, 0.15) is 16.7 Å². The minimum absolute atomic E-state index is 0.268. The van der Waals surface area contributed by atoms with Gasteiger partial charge >= 0.3 is 0 Å². The van der Waals surface area contributed by atoms with Crippen LogP contribution in [-0.4, -0.2) is 7.11 Å². The molecule has 0 N–H and O–H groups in total. The number of hydrogen-bond donors (Lipinski definition) is 0. The molecule has 29 heavy (non-hydrogen) atoms. The smallest absolute Gasteiger partial charge is 0.161 e. The molecule has 3 aromatic rings. The van der Waals surface area contributed by atoms with Gasteiger partial charge in [0.05, 0.1) is 18.8 Å². The lowest BCUT2D eigenvalue weighted by Crippen LogP contribution is -1.98. The molecule has 0 atom stereocenters. The lowest BCUT2D eigenvalue weighted by molar-refractivity contribution is 0.284. The summed E-state index contributed by atoms with van der Waals surface area (Å²) in [5, 5.41) is 11.2. The number of ether oxygens (including phenoxy) is 2. The van der Waals surface area contributed by atoms with E-state index in [1.807, 2.05) is 30.3 Å². The van der Waals surface area contributed by atoms with E-state index in [4.69, 9.17) is 44.3 Å². The van der Waals surface area contributed by atoms with Crippen LogP contribution in [0.2, 0.25) is 15.1 Å². The number of hydrogen-bond acceptors (Lipinski definition) is 3. The molecule has 0 aliphatic heterocycles. The van der Waals surface area contributed by atoms with Gasteiger partial charge in [-0.25, -0.2) is 0 Å². The van der Waals surface area contributed by atoms with Crippen LogP contribution < -0.4 is 9.47 Å². The van der Waals surface area contributed by atoms with Gasteiger partial charge in [-0.15, -0.1) is 0 Å². The molecule has 3 aromatic carbocycles. The third kappa shape index (κ3) is 5.25. The highest BCUT2D eigenvalue weighted by Crippen LogP contribution is 2.32. The van der Waals surface area contributed by atoms with Crippen molar-refractivity contribution in [3.8, 4) is 17.6 Å². The first-order valence-corrected chi connectivity index (χ1v) is 9.76. The lowest BCUT2D eigenvalue weighted by Gasteiger charge is -2.12. The summed E-state index contributed by atoms with van der Waals surface area (Å²) in [6.45, 7) is 0.268. The van der Waals surface area contributed by atoms with E-state index in [9.17, 15) is 5.26 Å². The van der Waals surface area contributed by atoms with E-state index < -0.39 is 0 Å². The van der Waals surface area contributed by atoms with Crippen LogP contribution in [0.5, 0.6) is 11.5 Å². The topological polar surface area (TPSA) is 42.2 Å². The summed E-state index contributed by atoms with van der Waals surface area (Å²) in [4.78, 5) is 0. The first-order chi connectivity index (χ1) is 14.0. The number of allylic oxidation sites excluding steroid dienone is 1. The van der Waals surface area contributed by atoms with Gasteiger partial charge in [-0.3, -0.25) is 0 Å². The minimum Gasteiger partial charge on any atom is -0.493 e. The summed E-state index contributed by atoms with van der Waals surface area (Å²) in [5.41, 5.74) is 2.73. The number of rotatable bonds is 6. The Balaban J connectivity index is 1.85. The average Bonchev–Trinajstić information content (AvgIpc) is 2.72. The zero-order valence-electron chi connectivity index (χ0n) is 15.5. The maximum atomic E-state index is 9.55. The third-order valence-electron chi connectivity index (χ3n) is 4.18. The van der Waals surface area contributed by atoms with E-state index in [-0.39, 0.29) is 6.61 Å². The zero-order valence-corrected chi connectivity index (χ0v) is 17.7. The van der Waals surface area contributed by atoms with Gasteiger partial charge < -0.3 is 9.47 Å². The summed E-state index contributed by atoms with van der Waals surface area (Å²) < 4.78 is 11.3. The van der Waals surface area contributed by atoms with Crippen molar-refractivity contribution in [3.63, 3.8) is 0 Å². The fourth-order valence-electron chi connectivity index (χ4n) is 2.70. The molecular formula is C23H16Cl3NO2. The van der Waals surface area contributed by atoms with Gasteiger partial charge in [0.2, 0.25) is 0 Å².